The van der Waals surface area contributed by atoms with Gasteiger partial charge in [-0.2, -0.15) is 0 Å². The summed E-state index contributed by atoms with van der Waals surface area (Å²) in [5.41, 5.74) is 3.46. The van der Waals surface area contributed by atoms with Crippen molar-refractivity contribution in [3.63, 3.8) is 0 Å². The molecule has 0 N–H and O–H groups in total. The molecule has 0 nitrogen and oxygen atoms in total. The first kappa shape index (κ1) is 21.8. The highest BCUT2D eigenvalue weighted by Gasteiger charge is 2.69. The second kappa shape index (κ2) is 6.32. The van der Waals surface area contributed by atoms with Gasteiger partial charge in [-0.15, -0.1) is 0 Å². The van der Waals surface area contributed by atoms with Crippen molar-refractivity contribution in [2.24, 2.45) is 56.2 Å². The number of hydrogen-bond acceptors (Lipinski definition) is 0. The first-order chi connectivity index (χ1) is 13.8. The van der Waals surface area contributed by atoms with E-state index in [4.69, 9.17) is 0 Å². The topological polar surface area (TPSA) is 0 Å². The largest absolute Gasteiger partial charge is 0.0599 e. The predicted octanol–water partition coefficient (Wildman–Crippen LogP) is 9.28. The van der Waals surface area contributed by atoms with Gasteiger partial charge in [0.25, 0.3) is 0 Å². The molecule has 0 bridgehead atoms. The molecule has 0 aliphatic heterocycles. The van der Waals surface area contributed by atoms with Gasteiger partial charge >= 0.3 is 0 Å². The lowest BCUT2D eigenvalue weighted by Crippen LogP contribution is -2.66. The summed E-state index contributed by atoms with van der Waals surface area (Å²) in [6.07, 6.45) is 18.0. The monoisotopic (exact) mass is 412 g/mol. The van der Waals surface area contributed by atoms with Crippen LogP contribution in [0.1, 0.15) is 132 Å². The average molecular weight is 413 g/mol. The Labute approximate surface area is 188 Å². The van der Waals surface area contributed by atoms with Crippen molar-refractivity contribution in [3.8, 4) is 0 Å². The first-order valence-electron chi connectivity index (χ1n) is 13.8. The molecular formula is C30H52. The van der Waals surface area contributed by atoms with Crippen LogP contribution in [0, 0.1) is 56.2 Å². The van der Waals surface area contributed by atoms with Gasteiger partial charge in [0.05, 0.1) is 0 Å². The van der Waals surface area contributed by atoms with Crippen LogP contribution >= 0.6 is 0 Å². The molecule has 0 aromatic carbocycles. The number of fused-ring (bicyclic) bond motifs is 7. The summed E-state index contributed by atoms with van der Waals surface area (Å²) in [4.78, 5) is 0. The average Bonchev–Trinajstić information content (AvgIpc) is 2.65. The lowest BCUT2D eigenvalue weighted by atomic mass is 9.31. The summed E-state index contributed by atoms with van der Waals surface area (Å²) in [6.45, 7) is 21.5. The number of hydrogen-bond donors (Lipinski definition) is 0. The first-order valence-corrected chi connectivity index (χ1v) is 13.8. The minimum absolute atomic E-state index is 0.553. The molecule has 5 aliphatic carbocycles. The Morgan fingerprint density at radius 2 is 1.17 bits per heavy atom. The van der Waals surface area contributed by atoms with Crippen molar-refractivity contribution in [3.05, 3.63) is 0 Å². The van der Waals surface area contributed by atoms with E-state index >= 15 is 0 Å². The van der Waals surface area contributed by atoms with Gasteiger partial charge in [-0.1, -0.05) is 61.8 Å². The summed E-state index contributed by atoms with van der Waals surface area (Å²) in [5, 5.41) is 0. The zero-order valence-corrected chi connectivity index (χ0v) is 21.8. The molecule has 5 fully saturated rings. The molecule has 5 rings (SSSR count). The fourth-order valence-electron chi connectivity index (χ4n) is 11.2. The predicted molar refractivity (Wildman–Crippen MR) is 129 cm³/mol. The van der Waals surface area contributed by atoms with Gasteiger partial charge in [-0.25, -0.2) is 0 Å². The molecule has 5 saturated carbocycles. The Balaban J connectivity index is 1.53. The maximum absolute atomic E-state index is 2.81. The van der Waals surface area contributed by atoms with Crippen molar-refractivity contribution in [1.82, 2.24) is 0 Å². The Morgan fingerprint density at radius 3 is 1.90 bits per heavy atom. The van der Waals surface area contributed by atoms with Crippen LogP contribution < -0.4 is 0 Å². The van der Waals surface area contributed by atoms with E-state index < -0.39 is 0 Å². The van der Waals surface area contributed by atoms with E-state index in [0.717, 1.165) is 23.7 Å². The Hall–Kier alpha value is 0. The molecule has 0 radical (unpaired) electrons. The summed E-state index contributed by atoms with van der Waals surface area (Å²) >= 11 is 0. The summed E-state index contributed by atoms with van der Waals surface area (Å²) in [5.74, 6) is 3.89. The van der Waals surface area contributed by atoms with Crippen LogP contribution in [-0.2, 0) is 0 Å². The molecule has 0 spiro atoms. The smallest absolute Gasteiger partial charge is 0.0235 e. The van der Waals surface area contributed by atoms with E-state index in [9.17, 15) is 0 Å². The molecular weight excluding hydrogens is 360 g/mol. The van der Waals surface area contributed by atoms with E-state index in [1.807, 2.05) is 0 Å². The molecule has 0 unspecified atom stereocenters. The summed E-state index contributed by atoms with van der Waals surface area (Å²) in [7, 11) is 0. The molecule has 30 heavy (non-hydrogen) atoms. The van der Waals surface area contributed by atoms with E-state index in [0.29, 0.717) is 32.5 Å². The quantitative estimate of drug-likeness (QED) is 0.372. The fourth-order valence-corrected chi connectivity index (χ4v) is 11.2. The van der Waals surface area contributed by atoms with Crippen LogP contribution in [0.3, 0.4) is 0 Å². The minimum Gasteiger partial charge on any atom is -0.0599 e. The SMILES string of the molecule is CC1(C)CC[C@]2(C)CC[C@]3(C)[C@H]4CC[C@@H]5[C@@H](CCCC5(C)C)[C@]4(C)CC[C@@]3(C)[C@@H]2C1. The molecule has 0 aromatic rings. The van der Waals surface area contributed by atoms with Crippen molar-refractivity contribution in [2.75, 3.05) is 0 Å². The maximum Gasteiger partial charge on any atom is -0.0235 e. The molecule has 0 aromatic heterocycles. The highest BCUT2D eigenvalue weighted by Crippen LogP contribution is 2.77. The molecule has 0 saturated heterocycles. The molecule has 5 aliphatic rings. The second-order valence-corrected chi connectivity index (χ2v) is 15.6. The van der Waals surface area contributed by atoms with Crippen molar-refractivity contribution in [1.29, 1.82) is 0 Å². The van der Waals surface area contributed by atoms with E-state index in [2.05, 4.69) is 55.4 Å². The van der Waals surface area contributed by atoms with E-state index in [-0.39, 0.29) is 0 Å². The molecule has 172 valence electrons. The third-order valence-corrected chi connectivity index (χ3v) is 13.4. The summed E-state index contributed by atoms with van der Waals surface area (Å²) in [6, 6.07) is 0. The van der Waals surface area contributed by atoms with Gasteiger partial charge in [-0.3, -0.25) is 0 Å². The van der Waals surface area contributed by atoms with Crippen molar-refractivity contribution >= 4 is 0 Å². The highest BCUT2D eigenvalue weighted by molar-refractivity contribution is 5.18. The van der Waals surface area contributed by atoms with Gasteiger partial charge in [0.2, 0.25) is 0 Å². The van der Waals surface area contributed by atoms with E-state index in [1.165, 1.54) is 77.0 Å². The zero-order valence-electron chi connectivity index (χ0n) is 21.8. The second-order valence-electron chi connectivity index (χ2n) is 15.6. The van der Waals surface area contributed by atoms with Crippen LogP contribution in [0.4, 0.5) is 0 Å². The minimum atomic E-state index is 0.553. The van der Waals surface area contributed by atoms with Crippen molar-refractivity contribution in [2.45, 2.75) is 132 Å². The Bertz CT molecular complexity index is 701. The van der Waals surface area contributed by atoms with Crippen LogP contribution in [0.15, 0.2) is 0 Å². The van der Waals surface area contributed by atoms with Crippen LogP contribution in [0.25, 0.3) is 0 Å². The van der Waals surface area contributed by atoms with Gasteiger partial charge in [0.1, 0.15) is 0 Å². The van der Waals surface area contributed by atoms with Gasteiger partial charge in [-0.05, 0) is 127 Å². The molecule has 0 heterocycles. The third-order valence-electron chi connectivity index (χ3n) is 13.4. The Morgan fingerprint density at radius 1 is 0.533 bits per heavy atom. The Kier molecular flexibility index (Phi) is 4.59. The third kappa shape index (κ3) is 2.70. The number of rotatable bonds is 0. The lowest BCUT2D eigenvalue weighted by molar-refractivity contribution is -0.250. The van der Waals surface area contributed by atoms with Crippen LogP contribution in [0.2, 0.25) is 0 Å². The molecule has 0 heteroatoms. The maximum atomic E-state index is 2.81. The highest BCUT2D eigenvalue weighted by atomic mass is 14.7. The standard InChI is InChI=1S/C30H52/c1-25(2)14-15-27(5)16-18-29(7)23-12-11-21-22(10-9-13-26(21,3)4)28(23,6)17-19-30(29,8)24(27)20-25/h21-24H,9-20H2,1-8H3/t21-,22-,23+,24-,27-,28+,29-,30+/m1/s1. The normalized spacial score (nSPS) is 56.8. The van der Waals surface area contributed by atoms with E-state index in [1.54, 1.807) is 0 Å². The van der Waals surface area contributed by atoms with Gasteiger partial charge in [0.15, 0.2) is 0 Å². The van der Waals surface area contributed by atoms with Crippen molar-refractivity contribution < 1.29 is 0 Å². The van der Waals surface area contributed by atoms with Gasteiger partial charge in [0, 0.05) is 0 Å². The van der Waals surface area contributed by atoms with Crippen LogP contribution in [-0.4, -0.2) is 0 Å². The summed E-state index contributed by atoms with van der Waals surface area (Å²) < 4.78 is 0. The zero-order chi connectivity index (χ0) is 21.8. The fraction of sp³-hybridized carbons (Fsp3) is 1.00. The van der Waals surface area contributed by atoms with Crippen LogP contribution in [0.5, 0.6) is 0 Å². The lowest BCUT2D eigenvalue weighted by Gasteiger charge is -2.74. The molecule has 0 amide bonds. The molecule has 8 atom stereocenters. The van der Waals surface area contributed by atoms with Gasteiger partial charge < -0.3 is 0 Å².